The Hall–Kier alpha value is -3.28. The number of hydrogen-bond acceptors (Lipinski definition) is 4. The third-order valence-corrected chi connectivity index (χ3v) is 6.03. The summed E-state index contributed by atoms with van der Waals surface area (Å²) in [5, 5.41) is 3.95. The molecule has 182 valence electrons. The van der Waals surface area contributed by atoms with Crippen molar-refractivity contribution in [3.05, 3.63) is 66.6 Å². The summed E-state index contributed by atoms with van der Waals surface area (Å²) >= 11 is 0. The molecule has 0 fully saturated rings. The van der Waals surface area contributed by atoms with Gasteiger partial charge in [0.2, 0.25) is 0 Å². The highest BCUT2D eigenvalue weighted by molar-refractivity contribution is 7.90. The molecule has 1 heterocycles. The van der Waals surface area contributed by atoms with E-state index in [4.69, 9.17) is 4.74 Å². The molecule has 0 N–H and O–H groups in total. The maximum absolute atomic E-state index is 14.8. The lowest BCUT2D eigenvalue weighted by atomic mass is 9.96. The predicted octanol–water partition coefficient (Wildman–Crippen LogP) is 5.61. The molecule has 0 amide bonds. The highest BCUT2D eigenvalue weighted by Crippen LogP contribution is 2.50. The largest absolute Gasteiger partial charge is 0.494 e. The Labute approximate surface area is 191 Å². The average Bonchev–Trinajstić information content (AvgIpc) is 3.12. The highest BCUT2D eigenvalue weighted by Gasteiger charge is 2.62. The van der Waals surface area contributed by atoms with E-state index in [0.717, 1.165) is 49.8 Å². The summed E-state index contributed by atoms with van der Waals surface area (Å²) in [6.45, 7) is 2.87. The molecule has 0 aliphatic carbocycles. The minimum absolute atomic E-state index is 0.0423. The van der Waals surface area contributed by atoms with Gasteiger partial charge in [-0.15, -0.1) is 6.58 Å². The van der Waals surface area contributed by atoms with Crippen LogP contribution in [0.3, 0.4) is 0 Å². The van der Waals surface area contributed by atoms with Gasteiger partial charge in [-0.05, 0) is 29.8 Å². The average molecular weight is 504 g/mol. The normalized spacial score (nSPS) is 12.6. The number of alkyl halides is 5. The first-order valence-corrected chi connectivity index (χ1v) is 11.4. The van der Waals surface area contributed by atoms with E-state index in [9.17, 15) is 34.8 Å². The lowest BCUT2D eigenvalue weighted by Crippen LogP contribution is -2.36. The molecular weight excluding hydrogens is 486 g/mol. The van der Waals surface area contributed by atoms with E-state index in [0.29, 0.717) is 4.68 Å². The number of hydrogen-bond donors (Lipinski definition) is 0. The van der Waals surface area contributed by atoms with Crippen LogP contribution >= 0.6 is 0 Å². The van der Waals surface area contributed by atoms with Gasteiger partial charge in [0.15, 0.2) is 21.4 Å². The fraction of sp³-hybridized carbons (Fsp3) is 0.227. The maximum Gasteiger partial charge on any atom is 0.459 e. The first-order chi connectivity index (χ1) is 15.7. The molecule has 1 aromatic heterocycles. The summed E-state index contributed by atoms with van der Waals surface area (Å²) in [5.41, 5.74) is -2.77. The van der Waals surface area contributed by atoms with Crippen molar-refractivity contribution in [2.45, 2.75) is 23.5 Å². The molecule has 34 heavy (non-hydrogen) atoms. The van der Waals surface area contributed by atoms with Crippen LogP contribution in [0.5, 0.6) is 5.75 Å². The summed E-state index contributed by atoms with van der Waals surface area (Å²) in [4.78, 5) is -0.0975. The molecule has 5 nitrogen and oxygen atoms in total. The first kappa shape index (κ1) is 25.3. The van der Waals surface area contributed by atoms with Gasteiger partial charge in [0.1, 0.15) is 11.4 Å². The van der Waals surface area contributed by atoms with Crippen LogP contribution < -0.4 is 4.74 Å². The van der Waals surface area contributed by atoms with Gasteiger partial charge >= 0.3 is 12.1 Å². The molecule has 12 heteroatoms. The van der Waals surface area contributed by atoms with Crippen molar-refractivity contribution < 1.29 is 39.5 Å². The SMILES string of the molecule is C=CCn1nc(-c2ccc(S(C)(=O)=O)cc2)c(-c2ccc(OC)c(F)c2)c1C(F)(F)C(F)(F)F. The minimum Gasteiger partial charge on any atom is -0.494 e. The number of sulfone groups is 1. The van der Waals surface area contributed by atoms with E-state index in [1.807, 2.05) is 0 Å². The lowest BCUT2D eigenvalue weighted by molar-refractivity contribution is -0.291. The molecule has 3 aromatic rings. The third kappa shape index (κ3) is 4.54. The van der Waals surface area contributed by atoms with E-state index < -0.39 is 45.6 Å². The zero-order valence-electron chi connectivity index (χ0n) is 17.8. The highest BCUT2D eigenvalue weighted by atomic mass is 32.2. The number of allylic oxidation sites excluding steroid dienone is 1. The van der Waals surface area contributed by atoms with Crippen LogP contribution in [-0.4, -0.2) is 37.7 Å². The van der Waals surface area contributed by atoms with E-state index >= 15 is 0 Å². The Bertz CT molecular complexity index is 1330. The first-order valence-electron chi connectivity index (χ1n) is 9.53. The zero-order chi connectivity index (χ0) is 25.5. The molecule has 0 spiro atoms. The van der Waals surface area contributed by atoms with Gasteiger partial charge < -0.3 is 4.74 Å². The Morgan fingerprint density at radius 3 is 2.12 bits per heavy atom. The number of ether oxygens (including phenoxy) is 1. The van der Waals surface area contributed by atoms with Crippen LogP contribution in [0, 0.1) is 5.82 Å². The van der Waals surface area contributed by atoms with Crippen molar-refractivity contribution in [2.75, 3.05) is 13.4 Å². The van der Waals surface area contributed by atoms with Gasteiger partial charge in [0, 0.05) is 17.4 Å². The van der Waals surface area contributed by atoms with Crippen molar-refractivity contribution in [2.24, 2.45) is 0 Å². The summed E-state index contributed by atoms with van der Waals surface area (Å²) in [5.74, 6) is -6.60. The van der Waals surface area contributed by atoms with E-state index in [2.05, 4.69) is 11.7 Å². The summed E-state index contributed by atoms with van der Waals surface area (Å²) in [6, 6.07) is 7.74. The van der Waals surface area contributed by atoms with Crippen molar-refractivity contribution in [3.8, 4) is 28.1 Å². The summed E-state index contributed by atoms with van der Waals surface area (Å²) < 4.78 is 113. The molecular formula is C22H18F6N2O3S. The van der Waals surface area contributed by atoms with Crippen molar-refractivity contribution >= 4 is 9.84 Å². The summed E-state index contributed by atoms with van der Waals surface area (Å²) in [6.07, 6.45) is -3.95. The van der Waals surface area contributed by atoms with E-state index in [1.54, 1.807) is 0 Å². The molecule has 0 unspecified atom stereocenters. The van der Waals surface area contributed by atoms with Crippen LogP contribution in [0.15, 0.2) is 60.0 Å². The number of benzene rings is 2. The minimum atomic E-state index is -5.98. The molecule has 2 aromatic carbocycles. The maximum atomic E-state index is 14.8. The smallest absolute Gasteiger partial charge is 0.459 e. The Morgan fingerprint density at radius 1 is 1.06 bits per heavy atom. The topological polar surface area (TPSA) is 61.2 Å². The lowest BCUT2D eigenvalue weighted by Gasteiger charge is -2.22. The van der Waals surface area contributed by atoms with Crippen molar-refractivity contribution in [3.63, 3.8) is 0 Å². The van der Waals surface area contributed by atoms with Crippen molar-refractivity contribution in [1.29, 1.82) is 0 Å². The Kier molecular flexibility index (Phi) is 6.57. The number of aromatic nitrogens is 2. The molecule has 0 saturated heterocycles. The molecule has 0 bridgehead atoms. The number of methoxy groups -OCH3 is 1. The fourth-order valence-electron chi connectivity index (χ4n) is 3.33. The number of rotatable bonds is 7. The van der Waals surface area contributed by atoms with Gasteiger partial charge in [0.25, 0.3) is 0 Å². The fourth-order valence-corrected chi connectivity index (χ4v) is 3.96. The number of halogens is 6. The molecule has 0 radical (unpaired) electrons. The number of nitrogens with zero attached hydrogens (tertiary/aromatic N) is 2. The van der Waals surface area contributed by atoms with Crippen LogP contribution in [0.2, 0.25) is 0 Å². The Morgan fingerprint density at radius 2 is 1.65 bits per heavy atom. The van der Waals surface area contributed by atoms with Crippen LogP contribution in [0.1, 0.15) is 5.69 Å². The van der Waals surface area contributed by atoms with Crippen LogP contribution in [0.4, 0.5) is 26.3 Å². The monoisotopic (exact) mass is 504 g/mol. The van der Waals surface area contributed by atoms with E-state index in [-0.39, 0.29) is 27.5 Å². The van der Waals surface area contributed by atoms with Gasteiger partial charge in [-0.25, -0.2) is 12.8 Å². The molecule has 3 rings (SSSR count). The molecule has 0 aliphatic heterocycles. The quantitative estimate of drug-likeness (QED) is 0.310. The Balaban J connectivity index is 2.41. The zero-order valence-corrected chi connectivity index (χ0v) is 18.6. The van der Waals surface area contributed by atoms with Crippen molar-refractivity contribution in [1.82, 2.24) is 9.78 Å². The van der Waals surface area contributed by atoms with Gasteiger partial charge in [0.05, 0.1) is 18.6 Å². The second-order valence-corrected chi connectivity index (χ2v) is 9.28. The van der Waals surface area contributed by atoms with Gasteiger partial charge in [-0.3, -0.25) is 4.68 Å². The van der Waals surface area contributed by atoms with E-state index in [1.165, 1.54) is 12.1 Å². The molecule has 0 aliphatic rings. The van der Waals surface area contributed by atoms with Crippen LogP contribution in [-0.2, 0) is 22.3 Å². The summed E-state index contributed by atoms with van der Waals surface area (Å²) in [7, 11) is -2.44. The van der Waals surface area contributed by atoms with Gasteiger partial charge in [-0.2, -0.15) is 27.1 Å². The second-order valence-electron chi connectivity index (χ2n) is 7.26. The van der Waals surface area contributed by atoms with Crippen LogP contribution in [0.25, 0.3) is 22.4 Å². The van der Waals surface area contributed by atoms with Gasteiger partial charge in [-0.1, -0.05) is 24.3 Å². The standard InChI is InChI=1S/C22H18F6N2O3S/c1-4-11-30-20(21(24,25)22(26,27)28)18(14-7-10-17(33-2)16(23)12-14)19(29-30)13-5-8-15(9-6-13)34(3,31)32/h4-10,12H,1,11H2,2-3H3. The predicted molar refractivity (Wildman–Crippen MR) is 113 cm³/mol. The molecule has 0 saturated carbocycles. The molecule has 0 atom stereocenters. The second kappa shape index (κ2) is 8.82. The third-order valence-electron chi connectivity index (χ3n) is 4.90.